The van der Waals surface area contributed by atoms with Gasteiger partial charge in [0.1, 0.15) is 0 Å². The molecule has 9 aromatic carbocycles. The fourth-order valence-electron chi connectivity index (χ4n) is 7.80. The van der Waals surface area contributed by atoms with Gasteiger partial charge in [0, 0.05) is 54.3 Å². The third-order valence-electron chi connectivity index (χ3n) is 10.7. The molecule has 0 aliphatic carbocycles. The van der Waals surface area contributed by atoms with Crippen molar-refractivity contribution < 1.29 is 0 Å². The first-order valence-corrected chi connectivity index (χ1v) is 20.1. The highest BCUT2D eigenvalue weighted by Crippen LogP contribution is 2.42. The van der Waals surface area contributed by atoms with E-state index in [2.05, 4.69) is 240 Å². The lowest BCUT2D eigenvalue weighted by molar-refractivity contribution is 1.28. The number of hydrogen-bond donors (Lipinski definition) is 0. The Kier molecular flexibility index (Phi) is 9.11. The molecule has 0 N–H and O–H groups in total. The second-order valence-electron chi connectivity index (χ2n) is 14.2. The Morgan fingerprint density at radius 1 is 0.228 bits per heavy atom. The minimum atomic E-state index is 1.10. The first kappa shape index (κ1) is 34.3. The van der Waals surface area contributed by atoms with E-state index < -0.39 is 0 Å². The summed E-state index contributed by atoms with van der Waals surface area (Å²) in [6.45, 7) is 0. The molecule has 0 bridgehead atoms. The molecule has 0 amide bonds. The molecule has 0 saturated heterocycles. The Labute approximate surface area is 337 Å². The number of nitrogens with zero attached hydrogens (tertiary/aromatic N) is 2. The van der Waals surface area contributed by atoms with Crippen LogP contribution in [0.2, 0.25) is 0 Å². The van der Waals surface area contributed by atoms with Crippen LogP contribution >= 0.6 is 11.3 Å². The van der Waals surface area contributed by atoms with Gasteiger partial charge in [0.05, 0.1) is 0 Å². The summed E-state index contributed by atoms with van der Waals surface area (Å²) in [6.07, 6.45) is 0. The van der Waals surface area contributed by atoms with Gasteiger partial charge in [0.15, 0.2) is 0 Å². The van der Waals surface area contributed by atoms with Crippen LogP contribution in [0.25, 0.3) is 53.6 Å². The number of anilines is 6. The van der Waals surface area contributed by atoms with Crippen LogP contribution in [0, 0.1) is 0 Å². The Bertz CT molecular complexity index is 2820. The lowest BCUT2D eigenvalue weighted by atomic mass is 10.0. The molecule has 3 heteroatoms. The molecule has 0 fully saturated rings. The summed E-state index contributed by atoms with van der Waals surface area (Å²) in [7, 11) is 0. The van der Waals surface area contributed by atoms with Crippen molar-refractivity contribution >= 4 is 65.6 Å². The largest absolute Gasteiger partial charge is 0.311 e. The van der Waals surface area contributed by atoms with Gasteiger partial charge >= 0.3 is 0 Å². The summed E-state index contributed by atoms with van der Waals surface area (Å²) in [5.41, 5.74) is 13.8. The van der Waals surface area contributed by atoms with Crippen molar-refractivity contribution in [3.05, 3.63) is 231 Å². The second kappa shape index (κ2) is 15.1. The molecule has 0 spiro atoms. The van der Waals surface area contributed by atoms with Crippen molar-refractivity contribution in [3.8, 4) is 33.4 Å². The van der Waals surface area contributed by atoms with E-state index in [0.29, 0.717) is 0 Å². The number of hydrogen-bond acceptors (Lipinski definition) is 3. The number of thiophene rings is 1. The van der Waals surface area contributed by atoms with Crippen molar-refractivity contribution in [1.29, 1.82) is 0 Å². The molecule has 0 aliphatic heterocycles. The predicted octanol–water partition coefficient (Wildman–Crippen LogP) is 16.0. The van der Waals surface area contributed by atoms with Gasteiger partial charge in [0.25, 0.3) is 0 Å². The van der Waals surface area contributed by atoms with Gasteiger partial charge in [-0.15, -0.1) is 11.3 Å². The van der Waals surface area contributed by atoms with E-state index in [9.17, 15) is 0 Å². The molecule has 270 valence electrons. The number of fused-ring (bicyclic) bond motifs is 3. The molecular formula is C54H38N2S. The van der Waals surface area contributed by atoms with E-state index >= 15 is 0 Å². The summed E-state index contributed by atoms with van der Waals surface area (Å²) in [5, 5.41) is 2.59. The molecule has 0 radical (unpaired) electrons. The first-order chi connectivity index (χ1) is 28.2. The highest BCUT2D eigenvalue weighted by atomic mass is 32.1. The van der Waals surface area contributed by atoms with E-state index in [0.717, 1.165) is 34.1 Å². The van der Waals surface area contributed by atoms with E-state index in [4.69, 9.17) is 0 Å². The second-order valence-corrected chi connectivity index (χ2v) is 15.3. The van der Waals surface area contributed by atoms with Crippen LogP contribution in [0.4, 0.5) is 34.1 Å². The fraction of sp³-hybridized carbons (Fsp3) is 0. The quantitative estimate of drug-likeness (QED) is 0.145. The van der Waals surface area contributed by atoms with Crippen molar-refractivity contribution in [3.63, 3.8) is 0 Å². The van der Waals surface area contributed by atoms with Crippen LogP contribution in [-0.4, -0.2) is 0 Å². The average Bonchev–Trinajstić information content (AvgIpc) is 3.67. The molecule has 0 aliphatic rings. The summed E-state index contributed by atoms with van der Waals surface area (Å²) in [6, 6.07) is 82.9. The number of rotatable bonds is 9. The molecule has 10 rings (SSSR count). The molecule has 1 aromatic heterocycles. The van der Waals surface area contributed by atoms with Crippen LogP contribution < -0.4 is 9.80 Å². The van der Waals surface area contributed by atoms with Gasteiger partial charge in [-0.25, -0.2) is 0 Å². The van der Waals surface area contributed by atoms with Crippen LogP contribution in [0.15, 0.2) is 231 Å². The summed E-state index contributed by atoms with van der Waals surface area (Å²) in [5.74, 6) is 0. The van der Waals surface area contributed by atoms with E-state index in [1.165, 1.54) is 53.6 Å². The zero-order valence-corrected chi connectivity index (χ0v) is 32.1. The Morgan fingerprint density at radius 2 is 0.544 bits per heavy atom. The van der Waals surface area contributed by atoms with Gasteiger partial charge in [-0.05, 0) is 118 Å². The van der Waals surface area contributed by atoms with Gasteiger partial charge < -0.3 is 9.80 Å². The monoisotopic (exact) mass is 746 g/mol. The lowest BCUT2D eigenvalue weighted by Crippen LogP contribution is -2.10. The smallest absolute Gasteiger partial charge is 0.0468 e. The summed E-state index contributed by atoms with van der Waals surface area (Å²) < 4.78 is 2.62. The number of para-hydroxylation sites is 1. The van der Waals surface area contributed by atoms with Gasteiger partial charge in [-0.2, -0.15) is 0 Å². The van der Waals surface area contributed by atoms with Gasteiger partial charge in [0.2, 0.25) is 0 Å². The van der Waals surface area contributed by atoms with Crippen molar-refractivity contribution in [2.45, 2.75) is 0 Å². The van der Waals surface area contributed by atoms with E-state index in [1.807, 2.05) is 11.3 Å². The predicted molar refractivity (Wildman–Crippen MR) is 245 cm³/mol. The third-order valence-corrected chi connectivity index (χ3v) is 11.8. The van der Waals surface area contributed by atoms with Crippen molar-refractivity contribution in [2.24, 2.45) is 0 Å². The summed E-state index contributed by atoms with van der Waals surface area (Å²) in [4.78, 5) is 4.68. The average molecular weight is 747 g/mol. The highest BCUT2D eigenvalue weighted by molar-refractivity contribution is 7.25. The lowest BCUT2D eigenvalue weighted by Gasteiger charge is -2.26. The van der Waals surface area contributed by atoms with Crippen molar-refractivity contribution in [2.75, 3.05) is 9.80 Å². The molecule has 57 heavy (non-hydrogen) atoms. The molecule has 2 nitrogen and oxygen atoms in total. The van der Waals surface area contributed by atoms with Crippen LogP contribution in [0.1, 0.15) is 0 Å². The maximum atomic E-state index is 2.35. The highest BCUT2D eigenvalue weighted by Gasteiger charge is 2.17. The summed E-state index contributed by atoms with van der Waals surface area (Å²) >= 11 is 1.85. The van der Waals surface area contributed by atoms with Crippen molar-refractivity contribution in [1.82, 2.24) is 0 Å². The zero-order valence-electron chi connectivity index (χ0n) is 31.2. The maximum Gasteiger partial charge on any atom is 0.0468 e. The Morgan fingerprint density at radius 3 is 1.00 bits per heavy atom. The SMILES string of the molecule is c1ccc(-c2ccc(N(c3ccc(-c4ccccc4)cc3)c3ccc(-c4ccc(N(c5ccccc5)c5ccc6sc7ccccc7c6c5)cc4)cc3)cc2)cc1. The van der Waals surface area contributed by atoms with E-state index in [1.54, 1.807) is 0 Å². The number of benzene rings is 9. The fourth-order valence-corrected chi connectivity index (χ4v) is 8.88. The first-order valence-electron chi connectivity index (χ1n) is 19.3. The molecule has 10 aromatic rings. The van der Waals surface area contributed by atoms with Crippen LogP contribution in [0.3, 0.4) is 0 Å². The zero-order chi connectivity index (χ0) is 38.0. The van der Waals surface area contributed by atoms with Gasteiger partial charge in [-0.3, -0.25) is 0 Å². The minimum Gasteiger partial charge on any atom is -0.311 e. The third kappa shape index (κ3) is 6.86. The molecule has 1 heterocycles. The minimum absolute atomic E-state index is 1.10. The van der Waals surface area contributed by atoms with Crippen LogP contribution in [0.5, 0.6) is 0 Å². The van der Waals surface area contributed by atoms with Crippen LogP contribution in [-0.2, 0) is 0 Å². The Balaban J connectivity index is 0.976. The topological polar surface area (TPSA) is 6.48 Å². The van der Waals surface area contributed by atoms with Gasteiger partial charge in [-0.1, -0.05) is 146 Å². The molecule has 0 saturated carbocycles. The Hall–Kier alpha value is -7.20. The molecule has 0 atom stereocenters. The molecular weight excluding hydrogens is 709 g/mol. The van der Waals surface area contributed by atoms with E-state index in [-0.39, 0.29) is 0 Å². The molecule has 0 unspecified atom stereocenters. The normalized spacial score (nSPS) is 11.2. The standard InChI is InChI=1S/C54H38N2S/c1-4-12-39(13-5-1)41-20-28-46(29-21-41)55(47-30-22-42(23-31-47)40-14-6-2-7-15-40)48-32-24-43(25-33-48)44-26-34-49(35-27-44)56(45-16-8-3-9-17-45)50-36-37-54-52(38-50)51-18-10-11-19-53(51)57-54/h1-38H. The maximum absolute atomic E-state index is 2.35.